The first-order valence-electron chi connectivity index (χ1n) is 12.4. The average Bonchev–Trinajstić information content (AvgIpc) is 3.46. The van der Waals surface area contributed by atoms with Crippen LogP contribution in [0.1, 0.15) is 47.3 Å². The molecule has 5 rings (SSSR count). The maximum atomic E-state index is 13.3. The van der Waals surface area contributed by atoms with Crippen molar-refractivity contribution >= 4 is 22.7 Å². The number of carbonyl (C=O) groups is 2. The molecular weight excluding hydrogens is 421 g/mol. The number of carbonyl (C=O) groups excluding carboxylic acids is 2. The van der Waals surface area contributed by atoms with E-state index in [1.807, 2.05) is 6.07 Å². The van der Waals surface area contributed by atoms with Gasteiger partial charge in [0, 0.05) is 62.1 Å². The molecule has 3 aliphatic rings. The summed E-state index contributed by atoms with van der Waals surface area (Å²) in [4.78, 5) is 27.2. The number of nitrogens with one attached hydrogen (secondary N) is 1. The molecule has 33 heavy (non-hydrogen) atoms. The van der Waals surface area contributed by atoms with Gasteiger partial charge in [-0.05, 0) is 74.1 Å². The van der Waals surface area contributed by atoms with Crippen molar-refractivity contribution in [1.82, 2.24) is 14.8 Å². The third-order valence-electron chi connectivity index (χ3n) is 8.07. The highest BCUT2D eigenvalue weighted by atomic mass is 19.1. The monoisotopic (exact) mass is 455 g/mol. The first-order valence-corrected chi connectivity index (χ1v) is 12.4. The van der Waals surface area contributed by atoms with E-state index in [9.17, 15) is 14.0 Å². The largest absolute Gasteiger partial charge is 0.381 e. The van der Waals surface area contributed by atoms with Crippen LogP contribution in [-0.2, 0) is 29.4 Å². The number of hydrogen-bond donors (Lipinski definition) is 1. The van der Waals surface area contributed by atoms with Crippen LogP contribution in [0.2, 0.25) is 0 Å². The van der Waals surface area contributed by atoms with Gasteiger partial charge < -0.3 is 19.5 Å². The molecule has 2 aliphatic heterocycles. The molecule has 2 aromatic rings. The van der Waals surface area contributed by atoms with Crippen molar-refractivity contribution < 1.29 is 18.7 Å². The number of hydrogen-bond acceptors (Lipinski definition) is 3. The first kappa shape index (κ1) is 22.4. The van der Waals surface area contributed by atoms with Crippen molar-refractivity contribution in [2.75, 3.05) is 39.5 Å². The third-order valence-corrected chi connectivity index (χ3v) is 8.07. The fourth-order valence-corrected chi connectivity index (χ4v) is 6.18. The van der Waals surface area contributed by atoms with E-state index in [4.69, 9.17) is 4.74 Å². The molecule has 6 nitrogen and oxygen atoms in total. The summed E-state index contributed by atoms with van der Waals surface area (Å²) in [6.45, 7) is 2.18. The van der Waals surface area contributed by atoms with Crippen LogP contribution >= 0.6 is 0 Å². The molecule has 0 bridgehead atoms. The van der Waals surface area contributed by atoms with Gasteiger partial charge in [-0.25, -0.2) is 4.39 Å². The summed E-state index contributed by atoms with van der Waals surface area (Å²) in [6.07, 6.45) is 6.34. The van der Waals surface area contributed by atoms with Gasteiger partial charge in [0.2, 0.25) is 5.91 Å². The van der Waals surface area contributed by atoms with Gasteiger partial charge in [-0.1, -0.05) is 0 Å². The number of rotatable bonds is 5. The van der Waals surface area contributed by atoms with Gasteiger partial charge in [0.1, 0.15) is 6.67 Å². The maximum absolute atomic E-state index is 13.3. The summed E-state index contributed by atoms with van der Waals surface area (Å²) >= 11 is 0. The second-order valence-corrected chi connectivity index (χ2v) is 9.89. The Morgan fingerprint density at radius 2 is 1.97 bits per heavy atom. The third kappa shape index (κ3) is 4.27. The lowest BCUT2D eigenvalue weighted by Gasteiger charge is -2.33. The molecule has 2 atom stereocenters. The molecule has 1 unspecified atom stereocenters. The standard InChI is InChI=1S/C26H34FN3O3/c1-29-23-4-2-18(17-7-12-33-13-8-17)14-21(23)22-15-19(3-5-24(22)29)26(32)30-11-6-20(16-30)25(31)28-10-9-27/h3,5,15,17-18,20H,2,4,6-14,16H2,1H3,(H,28,31)/t18?,20-/m0/s1. The Balaban J connectivity index is 1.35. The number of alkyl halides is 1. The molecule has 7 heteroatoms. The van der Waals surface area contributed by atoms with E-state index >= 15 is 0 Å². The second kappa shape index (κ2) is 9.45. The smallest absolute Gasteiger partial charge is 0.253 e. The first-order chi connectivity index (χ1) is 16.1. The Kier molecular flexibility index (Phi) is 6.41. The normalized spacial score (nSPS) is 23.6. The van der Waals surface area contributed by atoms with Gasteiger partial charge in [-0.3, -0.25) is 9.59 Å². The molecule has 2 saturated heterocycles. The lowest BCUT2D eigenvalue weighted by molar-refractivity contribution is -0.124. The number of ether oxygens (including phenoxy) is 1. The number of aryl methyl sites for hydroxylation is 1. The maximum Gasteiger partial charge on any atom is 0.253 e. The minimum atomic E-state index is -0.572. The second-order valence-electron chi connectivity index (χ2n) is 9.89. The Bertz CT molecular complexity index is 1040. The number of aromatic nitrogens is 1. The van der Waals surface area contributed by atoms with Crippen LogP contribution in [0.5, 0.6) is 0 Å². The van der Waals surface area contributed by atoms with Crippen molar-refractivity contribution in [3.05, 3.63) is 35.0 Å². The molecule has 0 saturated carbocycles. The van der Waals surface area contributed by atoms with E-state index < -0.39 is 6.67 Å². The molecule has 1 aromatic heterocycles. The highest BCUT2D eigenvalue weighted by Gasteiger charge is 2.33. The lowest BCUT2D eigenvalue weighted by atomic mass is 9.75. The molecule has 1 N–H and O–H groups in total. The molecule has 0 radical (unpaired) electrons. The van der Waals surface area contributed by atoms with Crippen LogP contribution in [0.15, 0.2) is 18.2 Å². The Morgan fingerprint density at radius 3 is 2.76 bits per heavy atom. The van der Waals surface area contributed by atoms with Gasteiger partial charge >= 0.3 is 0 Å². The fraction of sp³-hybridized carbons (Fsp3) is 0.615. The zero-order chi connectivity index (χ0) is 22.9. The van der Waals surface area contributed by atoms with Gasteiger partial charge in [0.05, 0.1) is 5.92 Å². The van der Waals surface area contributed by atoms with Crippen molar-refractivity contribution in [3.63, 3.8) is 0 Å². The molecule has 2 amide bonds. The fourth-order valence-electron chi connectivity index (χ4n) is 6.18. The number of amides is 2. The van der Waals surface area contributed by atoms with Crippen LogP contribution < -0.4 is 5.32 Å². The van der Waals surface area contributed by atoms with Crippen molar-refractivity contribution in [2.45, 2.75) is 38.5 Å². The summed E-state index contributed by atoms with van der Waals surface area (Å²) in [5, 5.41) is 3.80. The quantitative estimate of drug-likeness (QED) is 0.753. The highest BCUT2D eigenvalue weighted by molar-refractivity contribution is 5.99. The summed E-state index contributed by atoms with van der Waals surface area (Å²) in [5.74, 6) is 0.987. The summed E-state index contributed by atoms with van der Waals surface area (Å²) in [6, 6.07) is 6.06. The molecule has 3 heterocycles. The molecule has 2 fully saturated rings. The van der Waals surface area contributed by atoms with E-state index in [0.29, 0.717) is 31.0 Å². The SMILES string of the molecule is Cn1c2c(c3cc(C(=O)N4CC[C@H](C(=O)NCCF)C4)ccc31)CC(C1CCOCC1)CC2. The predicted octanol–water partition coefficient (Wildman–Crippen LogP) is 3.26. The van der Waals surface area contributed by atoms with Gasteiger partial charge in [0.25, 0.3) is 5.91 Å². The summed E-state index contributed by atoms with van der Waals surface area (Å²) in [5.41, 5.74) is 4.70. The van der Waals surface area contributed by atoms with Gasteiger partial charge in [-0.15, -0.1) is 0 Å². The molecule has 0 spiro atoms. The Hall–Kier alpha value is -2.41. The molecular formula is C26H34FN3O3. The molecule has 1 aromatic carbocycles. The lowest BCUT2D eigenvalue weighted by Crippen LogP contribution is -2.35. The van der Waals surface area contributed by atoms with Crippen molar-refractivity contribution in [3.8, 4) is 0 Å². The topological polar surface area (TPSA) is 63.6 Å². The van der Waals surface area contributed by atoms with E-state index in [0.717, 1.165) is 44.8 Å². The van der Waals surface area contributed by atoms with Crippen LogP contribution in [0.4, 0.5) is 4.39 Å². The van der Waals surface area contributed by atoms with Crippen LogP contribution in [0, 0.1) is 17.8 Å². The zero-order valence-electron chi connectivity index (χ0n) is 19.4. The van der Waals surface area contributed by atoms with Crippen LogP contribution in [-0.4, -0.2) is 60.8 Å². The Morgan fingerprint density at radius 1 is 1.15 bits per heavy atom. The van der Waals surface area contributed by atoms with Crippen LogP contribution in [0.25, 0.3) is 10.9 Å². The number of halogens is 1. The van der Waals surface area contributed by atoms with Gasteiger partial charge in [0.15, 0.2) is 0 Å². The summed E-state index contributed by atoms with van der Waals surface area (Å²) in [7, 11) is 2.14. The number of likely N-dealkylation sites (tertiary alicyclic amines) is 1. The summed E-state index contributed by atoms with van der Waals surface area (Å²) < 4.78 is 20.2. The number of benzene rings is 1. The minimum Gasteiger partial charge on any atom is -0.381 e. The van der Waals surface area contributed by atoms with Crippen LogP contribution in [0.3, 0.4) is 0 Å². The van der Waals surface area contributed by atoms with E-state index in [1.165, 1.54) is 28.6 Å². The molecule has 1 aliphatic carbocycles. The molecule has 178 valence electrons. The van der Waals surface area contributed by atoms with E-state index in [2.05, 4.69) is 29.1 Å². The average molecular weight is 456 g/mol. The Labute approximate surface area is 194 Å². The van der Waals surface area contributed by atoms with Crippen molar-refractivity contribution in [2.24, 2.45) is 24.8 Å². The number of nitrogens with zero attached hydrogens (tertiary/aromatic N) is 2. The van der Waals surface area contributed by atoms with Gasteiger partial charge in [-0.2, -0.15) is 0 Å². The minimum absolute atomic E-state index is 0.0212. The predicted molar refractivity (Wildman–Crippen MR) is 125 cm³/mol. The number of fused-ring (bicyclic) bond motifs is 3. The highest BCUT2D eigenvalue weighted by Crippen LogP contribution is 2.39. The van der Waals surface area contributed by atoms with E-state index in [-0.39, 0.29) is 24.3 Å². The van der Waals surface area contributed by atoms with Crippen molar-refractivity contribution in [1.29, 1.82) is 0 Å². The van der Waals surface area contributed by atoms with E-state index in [1.54, 1.807) is 4.90 Å². The zero-order valence-corrected chi connectivity index (χ0v) is 19.4.